The van der Waals surface area contributed by atoms with E-state index in [0.29, 0.717) is 26.8 Å². The molecular weight excluding hydrogens is 383 g/mol. The molecule has 3 N–H and O–H groups in total. The molecule has 23 heavy (non-hydrogen) atoms. The van der Waals surface area contributed by atoms with Crippen molar-refractivity contribution in [1.29, 1.82) is 0 Å². The number of nitrogens with zero attached hydrogens (tertiary/aromatic N) is 2. The van der Waals surface area contributed by atoms with Crippen LogP contribution in [0.3, 0.4) is 0 Å². The molecule has 0 saturated heterocycles. The van der Waals surface area contributed by atoms with E-state index in [2.05, 4.69) is 36.5 Å². The van der Waals surface area contributed by atoms with Crippen LogP contribution in [0, 0.1) is 6.92 Å². The fourth-order valence-corrected chi connectivity index (χ4v) is 2.56. The summed E-state index contributed by atoms with van der Waals surface area (Å²) in [5.41, 5.74) is 1.58. The fourth-order valence-electron chi connectivity index (χ4n) is 1.89. The Morgan fingerprint density at radius 3 is 2.87 bits per heavy atom. The van der Waals surface area contributed by atoms with Gasteiger partial charge >= 0.3 is 0 Å². The molecule has 0 bridgehead atoms. The number of aromatic nitrogens is 2. The maximum Gasteiger partial charge on any atom is 0.229 e. The van der Waals surface area contributed by atoms with Gasteiger partial charge in [0.05, 0.1) is 29.3 Å². The van der Waals surface area contributed by atoms with Crippen LogP contribution >= 0.6 is 28.1 Å². The normalized spacial score (nSPS) is 12.0. The van der Waals surface area contributed by atoms with E-state index >= 15 is 0 Å². The van der Waals surface area contributed by atoms with E-state index < -0.39 is 0 Å². The number of aliphatic hydroxyl groups excluding tert-OH is 1. The minimum atomic E-state index is -0.0806. The van der Waals surface area contributed by atoms with Gasteiger partial charge in [-0.25, -0.2) is 4.98 Å². The number of anilines is 3. The summed E-state index contributed by atoms with van der Waals surface area (Å²) in [6.07, 6.45) is 2.39. The lowest BCUT2D eigenvalue weighted by Crippen LogP contribution is -2.23. The van der Waals surface area contributed by atoms with Crippen LogP contribution in [0.5, 0.6) is 0 Å². The minimum absolute atomic E-state index is 0.0186. The van der Waals surface area contributed by atoms with Crippen molar-refractivity contribution in [2.24, 2.45) is 0 Å². The molecule has 0 aliphatic heterocycles. The Labute approximate surface area is 147 Å². The van der Waals surface area contributed by atoms with Crippen LogP contribution in [0.1, 0.15) is 18.9 Å². The summed E-state index contributed by atoms with van der Waals surface area (Å²) in [5.74, 6) is 0.984. The van der Waals surface area contributed by atoms with Crippen molar-refractivity contribution in [3.05, 3.63) is 34.4 Å². The summed E-state index contributed by atoms with van der Waals surface area (Å²) in [5, 5.41) is 15.5. The number of benzene rings is 1. The van der Waals surface area contributed by atoms with E-state index in [-0.39, 0.29) is 24.8 Å². The molecule has 0 radical (unpaired) electrons. The largest absolute Gasteiger partial charge is 0.394 e. The summed E-state index contributed by atoms with van der Waals surface area (Å²) in [4.78, 5) is 9.14. The molecule has 124 valence electrons. The van der Waals surface area contributed by atoms with Crippen LogP contribution in [0.15, 0.2) is 33.8 Å². The third kappa shape index (κ3) is 4.79. The molecule has 5 nitrogen and oxygen atoms in total. The molecule has 1 aromatic heterocycles. The molecule has 0 aliphatic rings. The van der Waals surface area contributed by atoms with E-state index in [0.717, 1.165) is 12.0 Å². The third-order valence-corrected chi connectivity index (χ3v) is 4.51. The van der Waals surface area contributed by atoms with Gasteiger partial charge < -0.3 is 15.7 Å². The van der Waals surface area contributed by atoms with Crippen molar-refractivity contribution in [2.45, 2.75) is 31.2 Å². The highest BCUT2D eigenvalue weighted by molar-refractivity contribution is 9.10. The lowest BCUT2D eigenvalue weighted by molar-refractivity contribution is 0.271. The maximum atomic E-state index is 12.9. The van der Waals surface area contributed by atoms with Crippen molar-refractivity contribution < 1.29 is 8.99 Å². The zero-order valence-electron chi connectivity index (χ0n) is 12.8. The summed E-state index contributed by atoms with van der Waals surface area (Å²) >= 11 is 3.60. The third-order valence-electron chi connectivity index (χ3n) is 3.33. The average Bonchev–Trinajstić information content (AvgIpc) is 2.57. The predicted molar refractivity (Wildman–Crippen MR) is 95.9 cm³/mol. The summed E-state index contributed by atoms with van der Waals surface area (Å²) in [6, 6.07) is 5.31. The minimum Gasteiger partial charge on any atom is -0.394 e. The average molecular weight is 401 g/mol. The van der Waals surface area contributed by atoms with Gasteiger partial charge in [0, 0.05) is 16.8 Å². The van der Waals surface area contributed by atoms with Gasteiger partial charge in [-0.1, -0.05) is 13.0 Å². The lowest BCUT2D eigenvalue weighted by atomic mass is 10.2. The highest BCUT2D eigenvalue weighted by Gasteiger charge is 2.11. The van der Waals surface area contributed by atoms with Gasteiger partial charge in [-0.15, -0.1) is 0 Å². The molecule has 2 rings (SSSR count). The predicted octanol–water partition coefficient (Wildman–Crippen LogP) is 4.45. The van der Waals surface area contributed by atoms with Gasteiger partial charge in [-0.05, 0) is 47.0 Å². The second kappa shape index (κ2) is 8.47. The molecule has 1 atom stereocenters. The standard InChI is InChI=1S/C15H18BrFN4OS/c1-3-10(8-22)19-14-12(16)7-18-15(21-14)20-11-5-4-9(2)13(6-11)23-17/h4-7,10,22H,3,8H2,1-2H3,(H2,18,19,20,21)/t10-/m1/s1. The Kier molecular flexibility index (Phi) is 6.61. The van der Waals surface area contributed by atoms with Gasteiger partial charge in [0.1, 0.15) is 5.82 Å². The van der Waals surface area contributed by atoms with Gasteiger partial charge in [0.2, 0.25) is 5.95 Å². The van der Waals surface area contributed by atoms with Crippen LogP contribution in [-0.4, -0.2) is 27.7 Å². The van der Waals surface area contributed by atoms with Gasteiger partial charge in [-0.3, -0.25) is 0 Å². The number of aliphatic hydroxyl groups is 1. The first-order chi connectivity index (χ1) is 11.1. The fraction of sp³-hybridized carbons (Fsp3) is 0.333. The molecule has 0 aliphatic carbocycles. The first-order valence-electron chi connectivity index (χ1n) is 7.13. The highest BCUT2D eigenvalue weighted by atomic mass is 79.9. The monoisotopic (exact) mass is 400 g/mol. The van der Waals surface area contributed by atoms with Crippen molar-refractivity contribution in [1.82, 2.24) is 9.97 Å². The summed E-state index contributed by atoms with van der Waals surface area (Å²) in [6.45, 7) is 3.85. The Morgan fingerprint density at radius 2 is 2.22 bits per heavy atom. The maximum absolute atomic E-state index is 12.9. The first kappa shape index (κ1) is 18.0. The number of rotatable bonds is 7. The molecule has 0 spiro atoms. The topological polar surface area (TPSA) is 70.1 Å². The molecule has 0 amide bonds. The Bertz CT molecular complexity index is 670. The smallest absolute Gasteiger partial charge is 0.229 e. The Balaban J connectivity index is 2.20. The van der Waals surface area contributed by atoms with Crippen molar-refractivity contribution in [2.75, 3.05) is 17.2 Å². The van der Waals surface area contributed by atoms with E-state index in [1.807, 2.05) is 26.0 Å². The highest BCUT2D eigenvalue weighted by Crippen LogP contribution is 2.28. The SMILES string of the molecule is CC[C@H](CO)Nc1nc(Nc2ccc(C)c(SF)c2)ncc1Br. The zero-order valence-corrected chi connectivity index (χ0v) is 15.2. The lowest BCUT2D eigenvalue weighted by Gasteiger charge is -2.16. The molecule has 1 heterocycles. The van der Waals surface area contributed by atoms with Crippen molar-refractivity contribution in [3.8, 4) is 0 Å². The van der Waals surface area contributed by atoms with Crippen LogP contribution in [0.25, 0.3) is 0 Å². The molecule has 2 aromatic rings. The second-order valence-electron chi connectivity index (χ2n) is 5.00. The second-order valence-corrected chi connectivity index (χ2v) is 6.45. The van der Waals surface area contributed by atoms with Crippen molar-refractivity contribution >= 4 is 45.5 Å². The summed E-state index contributed by atoms with van der Waals surface area (Å²) in [7, 11) is 0. The Morgan fingerprint density at radius 1 is 1.43 bits per heavy atom. The first-order valence-corrected chi connectivity index (χ1v) is 8.64. The number of nitrogens with one attached hydrogen (secondary N) is 2. The molecule has 1 aromatic carbocycles. The quantitative estimate of drug-likeness (QED) is 0.637. The van der Waals surface area contributed by atoms with Crippen LogP contribution in [-0.2, 0) is 0 Å². The van der Waals surface area contributed by atoms with E-state index in [1.165, 1.54) is 0 Å². The molecule has 0 saturated carbocycles. The van der Waals surface area contributed by atoms with Crippen LogP contribution < -0.4 is 10.6 Å². The van der Waals surface area contributed by atoms with Gasteiger partial charge in [-0.2, -0.15) is 8.87 Å². The Hall–Kier alpha value is -1.38. The number of hydrogen-bond acceptors (Lipinski definition) is 6. The van der Waals surface area contributed by atoms with Crippen LogP contribution in [0.2, 0.25) is 0 Å². The van der Waals surface area contributed by atoms with E-state index in [4.69, 9.17) is 0 Å². The number of hydrogen-bond donors (Lipinski definition) is 3. The number of aryl methyl sites for hydroxylation is 1. The van der Waals surface area contributed by atoms with Crippen molar-refractivity contribution in [3.63, 3.8) is 0 Å². The van der Waals surface area contributed by atoms with E-state index in [1.54, 1.807) is 12.3 Å². The number of halogens is 2. The zero-order chi connectivity index (χ0) is 16.8. The van der Waals surface area contributed by atoms with E-state index in [9.17, 15) is 8.99 Å². The van der Waals surface area contributed by atoms with Crippen LogP contribution in [0.4, 0.5) is 21.3 Å². The molecule has 0 fully saturated rings. The molecular formula is C15H18BrFN4OS. The van der Waals surface area contributed by atoms with Gasteiger partial charge in [0.25, 0.3) is 0 Å². The molecule has 0 unspecified atom stereocenters. The summed E-state index contributed by atoms with van der Waals surface area (Å²) < 4.78 is 13.6. The molecule has 8 heteroatoms. The van der Waals surface area contributed by atoms with Gasteiger partial charge in [0.15, 0.2) is 0 Å².